The number of aromatic nitrogens is 3. The lowest BCUT2D eigenvalue weighted by Crippen LogP contribution is -2.38. The standard InChI is InChI=1S/C17H24N6O/c1-12-5-6-15(24)14(22-12)10-19-9-13-4-3-7-23(13)17-8-16(18-2)20-11-21-17/h5-6,8,11,13,19,24H,3-4,7,9-10H2,1-2H3,(H,18,20,21). The second-order valence-corrected chi connectivity index (χ2v) is 6.05. The minimum atomic E-state index is 0.242. The lowest BCUT2D eigenvalue weighted by molar-refractivity contribution is 0.456. The van der Waals surface area contributed by atoms with Crippen LogP contribution in [0.2, 0.25) is 0 Å². The zero-order valence-electron chi connectivity index (χ0n) is 14.2. The van der Waals surface area contributed by atoms with Gasteiger partial charge in [0.25, 0.3) is 0 Å². The van der Waals surface area contributed by atoms with Crippen LogP contribution < -0.4 is 15.5 Å². The van der Waals surface area contributed by atoms with E-state index in [-0.39, 0.29) is 5.75 Å². The zero-order valence-corrected chi connectivity index (χ0v) is 14.2. The molecule has 1 aliphatic heterocycles. The minimum absolute atomic E-state index is 0.242. The van der Waals surface area contributed by atoms with Gasteiger partial charge in [0.05, 0.1) is 5.69 Å². The molecule has 0 saturated carbocycles. The van der Waals surface area contributed by atoms with Crippen molar-refractivity contribution in [1.29, 1.82) is 0 Å². The maximum absolute atomic E-state index is 9.88. The Morgan fingerprint density at radius 3 is 3.04 bits per heavy atom. The summed E-state index contributed by atoms with van der Waals surface area (Å²) in [6.45, 7) is 4.31. The Hall–Kier alpha value is -2.41. The van der Waals surface area contributed by atoms with E-state index >= 15 is 0 Å². The number of pyridine rings is 1. The molecule has 1 aliphatic rings. The Balaban J connectivity index is 1.61. The Morgan fingerprint density at radius 2 is 2.21 bits per heavy atom. The van der Waals surface area contributed by atoms with Gasteiger partial charge in [-0.15, -0.1) is 0 Å². The molecule has 24 heavy (non-hydrogen) atoms. The maximum atomic E-state index is 9.88. The molecule has 0 aliphatic carbocycles. The van der Waals surface area contributed by atoms with Gasteiger partial charge in [0, 0.05) is 44.5 Å². The van der Waals surface area contributed by atoms with Gasteiger partial charge >= 0.3 is 0 Å². The highest BCUT2D eigenvalue weighted by atomic mass is 16.3. The summed E-state index contributed by atoms with van der Waals surface area (Å²) in [5, 5.41) is 16.3. The summed E-state index contributed by atoms with van der Waals surface area (Å²) >= 11 is 0. The fraction of sp³-hybridized carbons (Fsp3) is 0.471. The average Bonchev–Trinajstić information content (AvgIpc) is 3.06. The van der Waals surface area contributed by atoms with E-state index < -0.39 is 0 Å². The van der Waals surface area contributed by atoms with Crippen molar-refractivity contribution in [3.8, 4) is 5.75 Å². The first kappa shape index (κ1) is 16.4. The first-order valence-corrected chi connectivity index (χ1v) is 8.30. The van der Waals surface area contributed by atoms with Crippen molar-refractivity contribution in [2.24, 2.45) is 0 Å². The number of rotatable bonds is 6. The number of aromatic hydroxyl groups is 1. The van der Waals surface area contributed by atoms with Crippen LogP contribution in [0.15, 0.2) is 24.5 Å². The van der Waals surface area contributed by atoms with Crippen LogP contribution >= 0.6 is 0 Å². The van der Waals surface area contributed by atoms with E-state index in [0.29, 0.717) is 18.3 Å². The predicted octanol–water partition coefficient (Wildman–Crippen LogP) is 1.69. The second kappa shape index (κ2) is 7.44. The molecule has 1 atom stereocenters. The second-order valence-electron chi connectivity index (χ2n) is 6.05. The highest BCUT2D eigenvalue weighted by molar-refractivity contribution is 5.49. The molecule has 3 N–H and O–H groups in total. The first-order valence-electron chi connectivity index (χ1n) is 8.30. The van der Waals surface area contributed by atoms with E-state index in [0.717, 1.165) is 43.3 Å². The van der Waals surface area contributed by atoms with Crippen molar-refractivity contribution >= 4 is 11.6 Å². The van der Waals surface area contributed by atoms with Gasteiger partial charge in [0.15, 0.2) is 0 Å². The normalized spacial score (nSPS) is 17.2. The molecule has 3 heterocycles. The van der Waals surface area contributed by atoms with Gasteiger partial charge in [-0.25, -0.2) is 9.97 Å². The third-order valence-electron chi connectivity index (χ3n) is 4.34. The minimum Gasteiger partial charge on any atom is -0.506 e. The van der Waals surface area contributed by atoms with Crippen LogP contribution in [0.4, 0.5) is 11.6 Å². The van der Waals surface area contributed by atoms with Crippen molar-refractivity contribution in [3.63, 3.8) is 0 Å². The van der Waals surface area contributed by atoms with E-state index in [1.807, 2.05) is 26.1 Å². The van der Waals surface area contributed by atoms with Crippen molar-refractivity contribution in [2.75, 3.05) is 30.4 Å². The summed E-state index contributed by atoms with van der Waals surface area (Å²) in [6.07, 6.45) is 3.87. The summed E-state index contributed by atoms with van der Waals surface area (Å²) in [7, 11) is 1.86. The van der Waals surface area contributed by atoms with E-state index in [1.54, 1.807) is 12.4 Å². The molecule has 0 amide bonds. The number of aryl methyl sites for hydroxylation is 1. The Morgan fingerprint density at radius 1 is 1.33 bits per heavy atom. The lowest BCUT2D eigenvalue weighted by atomic mass is 10.2. The molecule has 0 aromatic carbocycles. The summed E-state index contributed by atoms with van der Waals surface area (Å²) in [5.74, 6) is 2.02. The Labute approximate surface area is 142 Å². The van der Waals surface area contributed by atoms with E-state index in [2.05, 4.69) is 30.5 Å². The molecule has 1 fully saturated rings. The molecule has 128 valence electrons. The first-order chi connectivity index (χ1) is 11.7. The molecule has 2 aromatic rings. The average molecular weight is 328 g/mol. The summed E-state index contributed by atoms with van der Waals surface area (Å²) in [5.41, 5.74) is 1.60. The number of hydrogen-bond donors (Lipinski definition) is 3. The summed E-state index contributed by atoms with van der Waals surface area (Å²) in [4.78, 5) is 15.3. The number of nitrogens with zero attached hydrogens (tertiary/aromatic N) is 4. The Bertz CT molecular complexity index is 693. The fourth-order valence-corrected chi connectivity index (χ4v) is 3.08. The quantitative estimate of drug-likeness (QED) is 0.744. The van der Waals surface area contributed by atoms with Crippen LogP contribution in [-0.4, -0.2) is 46.2 Å². The molecule has 0 spiro atoms. The number of nitrogens with one attached hydrogen (secondary N) is 2. The largest absolute Gasteiger partial charge is 0.506 e. The molecule has 0 bridgehead atoms. The van der Waals surface area contributed by atoms with Crippen LogP contribution in [0.5, 0.6) is 5.75 Å². The molecule has 7 nitrogen and oxygen atoms in total. The molecule has 1 saturated heterocycles. The van der Waals surface area contributed by atoms with Gasteiger partial charge in [-0.2, -0.15) is 0 Å². The highest BCUT2D eigenvalue weighted by Gasteiger charge is 2.25. The van der Waals surface area contributed by atoms with Crippen LogP contribution in [-0.2, 0) is 6.54 Å². The van der Waals surface area contributed by atoms with Gasteiger partial charge in [-0.1, -0.05) is 0 Å². The smallest absolute Gasteiger partial charge is 0.138 e. The molecule has 0 radical (unpaired) electrons. The van der Waals surface area contributed by atoms with Crippen molar-refractivity contribution < 1.29 is 5.11 Å². The number of hydrogen-bond acceptors (Lipinski definition) is 7. The number of anilines is 2. The topological polar surface area (TPSA) is 86.2 Å². The van der Waals surface area contributed by atoms with Gasteiger partial charge < -0.3 is 20.6 Å². The van der Waals surface area contributed by atoms with Crippen LogP contribution in [0, 0.1) is 6.92 Å². The molecule has 3 rings (SSSR count). The van der Waals surface area contributed by atoms with E-state index in [1.165, 1.54) is 0 Å². The molecule has 1 unspecified atom stereocenters. The highest BCUT2D eigenvalue weighted by Crippen LogP contribution is 2.24. The van der Waals surface area contributed by atoms with Crippen LogP contribution in [0.1, 0.15) is 24.2 Å². The molecular weight excluding hydrogens is 304 g/mol. The SMILES string of the molecule is CNc1cc(N2CCCC2CNCc2nc(C)ccc2O)ncn1. The lowest BCUT2D eigenvalue weighted by Gasteiger charge is -2.26. The third-order valence-corrected chi connectivity index (χ3v) is 4.34. The monoisotopic (exact) mass is 328 g/mol. The van der Waals surface area contributed by atoms with Crippen molar-refractivity contribution in [3.05, 3.63) is 35.9 Å². The van der Waals surface area contributed by atoms with Gasteiger partial charge in [-0.05, 0) is 31.9 Å². The predicted molar refractivity (Wildman–Crippen MR) is 94.3 cm³/mol. The summed E-state index contributed by atoms with van der Waals surface area (Å²) in [6, 6.07) is 5.87. The van der Waals surface area contributed by atoms with Crippen molar-refractivity contribution in [1.82, 2.24) is 20.3 Å². The third kappa shape index (κ3) is 3.73. The summed E-state index contributed by atoms with van der Waals surface area (Å²) < 4.78 is 0. The van der Waals surface area contributed by atoms with Gasteiger partial charge in [0.2, 0.25) is 0 Å². The Kier molecular flexibility index (Phi) is 5.10. The van der Waals surface area contributed by atoms with Crippen molar-refractivity contribution in [2.45, 2.75) is 32.4 Å². The molecule has 2 aromatic heterocycles. The van der Waals surface area contributed by atoms with E-state index in [4.69, 9.17) is 0 Å². The maximum Gasteiger partial charge on any atom is 0.138 e. The zero-order chi connectivity index (χ0) is 16.9. The van der Waals surface area contributed by atoms with E-state index in [9.17, 15) is 5.11 Å². The van der Waals surface area contributed by atoms with Crippen LogP contribution in [0.25, 0.3) is 0 Å². The van der Waals surface area contributed by atoms with Gasteiger partial charge in [0.1, 0.15) is 23.7 Å². The van der Waals surface area contributed by atoms with Crippen LogP contribution in [0.3, 0.4) is 0 Å². The molecular formula is C17H24N6O. The van der Waals surface area contributed by atoms with Gasteiger partial charge in [-0.3, -0.25) is 4.98 Å². The fourth-order valence-electron chi connectivity index (χ4n) is 3.08. The molecule has 7 heteroatoms.